The summed E-state index contributed by atoms with van der Waals surface area (Å²) in [5, 5.41) is 2.81. The van der Waals surface area contributed by atoms with E-state index in [2.05, 4.69) is 15.3 Å². The van der Waals surface area contributed by atoms with E-state index in [4.69, 9.17) is 0 Å². The molecule has 150 valence electrons. The maximum atomic E-state index is 14.5. The molecule has 0 fully saturated rings. The van der Waals surface area contributed by atoms with Gasteiger partial charge in [0.15, 0.2) is 0 Å². The fourth-order valence-electron chi connectivity index (χ4n) is 2.96. The van der Waals surface area contributed by atoms with Crippen molar-refractivity contribution in [3.63, 3.8) is 0 Å². The van der Waals surface area contributed by atoms with E-state index in [0.29, 0.717) is 36.4 Å². The average molecular weight is 394 g/mol. The number of benzene rings is 1. The molecule has 2 aromatic rings. The molecule has 0 radical (unpaired) electrons. The first-order chi connectivity index (χ1) is 13.9. The number of anilines is 1. The van der Waals surface area contributed by atoms with Crippen LogP contribution in [0.15, 0.2) is 53.3 Å². The molecular weight excluding hydrogens is 371 g/mol. The number of aliphatic imine (C=N–C) groups is 1. The van der Waals surface area contributed by atoms with Crippen molar-refractivity contribution in [3.05, 3.63) is 70.9 Å². The molecule has 29 heavy (non-hydrogen) atoms. The second kappa shape index (κ2) is 8.77. The number of amides is 2. The van der Waals surface area contributed by atoms with E-state index in [1.165, 1.54) is 11.0 Å². The van der Waals surface area contributed by atoms with Crippen molar-refractivity contribution >= 4 is 23.2 Å². The molecule has 1 aliphatic rings. The number of aryl methyl sites for hydroxylation is 1. The number of allylic oxidation sites excluding steroid dienone is 1. The number of aromatic nitrogens is 1. The summed E-state index contributed by atoms with van der Waals surface area (Å²) in [6.07, 6.45) is 4.18. The van der Waals surface area contributed by atoms with Gasteiger partial charge < -0.3 is 10.2 Å². The molecular formula is C22H23FN4O2. The Hall–Kier alpha value is -3.35. The Labute approximate surface area is 169 Å². The molecule has 1 aromatic carbocycles. The number of halogens is 1. The average Bonchev–Trinajstić information content (AvgIpc) is 3.22. The Morgan fingerprint density at radius 2 is 2.03 bits per heavy atom. The van der Waals surface area contributed by atoms with Crippen LogP contribution in [-0.2, 0) is 16.1 Å². The third-order valence-corrected chi connectivity index (χ3v) is 4.72. The Morgan fingerprint density at radius 1 is 1.24 bits per heavy atom. The molecule has 0 spiro atoms. The van der Waals surface area contributed by atoms with Crippen LogP contribution in [0.3, 0.4) is 0 Å². The lowest BCUT2D eigenvalue weighted by molar-refractivity contribution is -0.118. The highest BCUT2D eigenvalue weighted by atomic mass is 19.1. The van der Waals surface area contributed by atoms with Crippen molar-refractivity contribution < 1.29 is 14.0 Å². The summed E-state index contributed by atoms with van der Waals surface area (Å²) in [6, 6.07) is 8.41. The molecule has 0 saturated carbocycles. The maximum absolute atomic E-state index is 14.5. The molecule has 7 heteroatoms. The van der Waals surface area contributed by atoms with Crippen molar-refractivity contribution in [1.29, 1.82) is 0 Å². The number of rotatable bonds is 6. The van der Waals surface area contributed by atoms with Gasteiger partial charge in [-0.25, -0.2) is 9.38 Å². The monoisotopic (exact) mass is 394 g/mol. The number of pyridine rings is 1. The molecule has 1 N–H and O–H groups in total. The van der Waals surface area contributed by atoms with Gasteiger partial charge in [0.1, 0.15) is 11.5 Å². The zero-order chi connectivity index (χ0) is 21.0. The number of carbonyl (C=O) groups is 2. The van der Waals surface area contributed by atoms with Gasteiger partial charge in [-0.15, -0.1) is 0 Å². The van der Waals surface area contributed by atoms with E-state index >= 15 is 0 Å². The third-order valence-electron chi connectivity index (χ3n) is 4.72. The van der Waals surface area contributed by atoms with Gasteiger partial charge in [-0.2, -0.15) is 0 Å². The Kier molecular flexibility index (Phi) is 6.16. The van der Waals surface area contributed by atoms with Crippen LogP contribution in [0, 0.1) is 12.7 Å². The van der Waals surface area contributed by atoms with Gasteiger partial charge in [0.2, 0.25) is 5.91 Å². The first-order valence-corrected chi connectivity index (χ1v) is 9.43. The Balaban J connectivity index is 1.66. The number of hydrogen-bond acceptors (Lipinski definition) is 4. The molecule has 1 aromatic heterocycles. The summed E-state index contributed by atoms with van der Waals surface area (Å²) >= 11 is 0. The van der Waals surface area contributed by atoms with Crippen LogP contribution in [-0.4, -0.2) is 29.6 Å². The highest BCUT2D eigenvalue weighted by Crippen LogP contribution is 2.23. The lowest BCUT2D eigenvalue weighted by Crippen LogP contribution is -2.26. The van der Waals surface area contributed by atoms with E-state index in [0.717, 1.165) is 11.3 Å². The van der Waals surface area contributed by atoms with Gasteiger partial charge in [0.25, 0.3) is 5.91 Å². The van der Waals surface area contributed by atoms with Crippen LogP contribution in [0.1, 0.15) is 36.6 Å². The minimum Gasteiger partial charge on any atom is -0.347 e. The zero-order valence-electron chi connectivity index (χ0n) is 16.7. The van der Waals surface area contributed by atoms with E-state index in [1.54, 1.807) is 38.4 Å². The standard InChI is InChI=1S/C22H23FN4O2/c1-4-21(28)27(3)20-10-7-16(11-17(20)23)18-8-9-19(26-18)22(29)25-13-15-6-5-14(2)24-12-15/h5-7,9-12H,4,8,13H2,1-3H3,(H,25,29). The topological polar surface area (TPSA) is 74.7 Å². The normalized spacial score (nSPS) is 13.0. The minimum absolute atomic E-state index is 0.167. The smallest absolute Gasteiger partial charge is 0.269 e. The van der Waals surface area contributed by atoms with Crippen molar-refractivity contribution in [2.24, 2.45) is 4.99 Å². The highest BCUT2D eigenvalue weighted by Gasteiger charge is 2.19. The fraction of sp³-hybridized carbons (Fsp3) is 0.273. The first kappa shape index (κ1) is 20.4. The third kappa shape index (κ3) is 4.74. The second-order valence-electron chi connectivity index (χ2n) is 6.81. The second-order valence-corrected chi connectivity index (χ2v) is 6.81. The summed E-state index contributed by atoms with van der Waals surface area (Å²) in [7, 11) is 1.55. The summed E-state index contributed by atoms with van der Waals surface area (Å²) < 4.78 is 14.5. The van der Waals surface area contributed by atoms with Gasteiger partial charge in [0.05, 0.1) is 11.4 Å². The molecule has 6 nitrogen and oxygen atoms in total. The fourth-order valence-corrected chi connectivity index (χ4v) is 2.96. The van der Waals surface area contributed by atoms with Crippen LogP contribution in [0.2, 0.25) is 0 Å². The predicted molar refractivity (Wildman–Crippen MR) is 110 cm³/mol. The number of nitrogens with one attached hydrogen (secondary N) is 1. The lowest BCUT2D eigenvalue weighted by atomic mass is 10.1. The molecule has 0 bridgehead atoms. The van der Waals surface area contributed by atoms with Crippen LogP contribution >= 0.6 is 0 Å². The molecule has 1 aliphatic heterocycles. The predicted octanol–water partition coefficient (Wildman–Crippen LogP) is 3.30. The Morgan fingerprint density at radius 3 is 2.69 bits per heavy atom. The molecule has 2 amide bonds. The van der Waals surface area contributed by atoms with Crippen LogP contribution in [0.5, 0.6) is 0 Å². The van der Waals surface area contributed by atoms with E-state index in [9.17, 15) is 14.0 Å². The van der Waals surface area contributed by atoms with Crippen molar-refractivity contribution in [1.82, 2.24) is 10.3 Å². The highest BCUT2D eigenvalue weighted by molar-refractivity contribution is 6.08. The van der Waals surface area contributed by atoms with Gasteiger partial charge in [0, 0.05) is 38.3 Å². The maximum Gasteiger partial charge on any atom is 0.269 e. The lowest BCUT2D eigenvalue weighted by Gasteiger charge is -2.17. The van der Waals surface area contributed by atoms with E-state index < -0.39 is 5.82 Å². The molecule has 0 aliphatic carbocycles. The van der Waals surface area contributed by atoms with Gasteiger partial charge in [-0.3, -0.25) is 14.6 Å². The number of hydrogen-bond donors (Lipinski definition) is 1. The SMILES string of the molecule is CCC(=O)N(C)c1ccc(C2=NC(C(=O)NCc3ccc(C)nc3)=CC2)cc1F. The Bertz CT molecular complexity index is 996. The van der Waals surface area contributed by atoms with Crippen LogP contribution in [0.25, 0.3) is 0 Å². The minimum atomic E-state index is -0.501. The largest absolute Gasteiger partial charge is 0.347 e. The quantitative estimate of drug-likeness (QED) is 0.817. The summed E-state index contributed by atoms with van der Waals surface area (Å²) in [5.74, 6) is -0.954. The van der Waals surface area contributed by atoms with Crippen molar-refractivity contribution in [2.75, 3.05) is 11.9 Å². The van der Waals surface area contributed by atoms with Crippen molar-refractivity contribution in [3.8, 4) is 0 Å². The van der Waals surface area contributed by atoms with Crippen LogP contribution in [0.4, 0.5) is 10.1 Å². The van der Waals surface area contributed by atoms with E-state index in [1.807, 2.05) is 19.1 Å². The molecule has 2 heterocycles. The molecule has 3 rings (SSSR count). The number of carbonyl (C=O) groups excluding carboxylic acids is 2. The molecule has 0 unspecified atom stereocenters. The van der Waals surface area contributed by atoms with E-state index in [-0.39, 0.29) is 17.5 Å². The molecule has 0 atom stereocenters. The van der Waals surface area contributed by atoms with Crippen molar-refractivity contribution in [2.45, 2.75) is 33.2 Å². The first-order valence-electron chi connectivity index (χ1n) is 9.43. The number of nitrogens with zero attached hydrogens (tertiary/aromatic N) is 3. The van der Waals surface area contributed by atoms with Gasteiger partial charge in [-0.05, 0) is 42.3 Å². The summed E-state index contributed by atoms with van der Waals surface area (Å²) in [6.45, 7) is 3.98. The zero-order valence-corrected chi connectivity index (χ0v) is 16.7. The summed E-state index contributed by atoms with van der Waals surface area (Å²) in [4.78, 5) is 34.0. The van der Waals surface area contributed by atoms with Gasteiger partial charge >= 0.3 is 0 Å². The summed E-state index contributed by atoms with van der Waals surface area (Å²) in [5.41, 5.74) is 3.54. The van der Waals surface area contributed by atoms with Crippen LogP contribution < -0.4 is 10.2 Å². The van der Waals surface area contributed by atoms with Gasteiger partial charge in [-0.1, -0.05) is 19.1 Å². The molecule has 0 saturated heterocycles.